The molecule has 0 bridgehead atoms. The number of rotatable bonds is 4. The minimum Gasteiger partial charge on any atom is -0.456 e. The van der Waals surface area contributed by atoms with Gasteiger partial charge in [-0.25, -0.2) is 4.98 Å². The van der Waals surface area contributed by atoms with E-state index in [4.69, 9.17) is 19.4 Å². The fourth-order valence-corrected chi connectivity index (χ4v) is 7.74. The van der Waals surface area contributed by atoms with Crippen LogP contribution in [0.5, 0.6) is 0 Å². The molecule has 11 rings (SSSR count). The number of nitrogens with zero attached hydrogens (tertiary/aromatic N) is 5. The third-order valence-electron chi connectivity index (χ3n) is 9.99. The molecule has 0 aliphatic heterocycles. The number of furan rings is 1. The minimum absolute atomic E-state index is 0.539. The zero-order valence-corrected chi connectivity index (χ0v) is 27.2. The Morgan fingerprint density at radius 2 is 0.941 bits per heavy atom. The summed E-state index contributed by atoms with van der Waals surface area (Å²) < 4.78 is 10.9. The summed E-state index contributed by atoms with van der Waals surface area (Å²) in [5.41, 5.74) is 8.74. The van der Waals surface area contributed by atoms with Crippen LogP contribution in [0.15, 0.2) is 168 Å². The summed E-state index contributed by atoms with van der Waals surface area (Å²) in [5.74, 6) is 1.73. The molecule has 0 aliphatic rings. The Bertz CT molecular complexity index is 3100. The SMILES string of the molecule is c1ccc(-c2nc(-c3ccccc3-n3c4ccccc4c4ccccc43)nc(-n3c4ccccc4c4cc5c(cc43)oc3ccccc35)n2)cc1. The maximum absolute atomic E-state index is 6.39. The van der Waals surface area contributed by atoms with Crippen LogP contribution in [0.1, 0.15) is 0 Å². The van der Waals surface area contributed by atoms with Crippen molar-refractivity contribution in [1.29, 1.82) is 0 Å². The Kier molecular flexibility index (Phi) is 5.86. The summed E-state index contributed by atoms with van der Waals surface area (Å²) in [5, 5.41) is 6.81. The molecule has 0 saturated heterocycles. The van der Waals surface area contributed by atoms with Crippen molar-refractivity contribution in [3.63, 3.8) is 0 Å². The second-order valence-electron chi connectivity index (χ2n) is 12.9. The Morgan fingerprint density at radius 3 is 1.69 bits per heavy atom. The number of benzene rings is 7. The van der Waals surface area contributed by atoms with E-state index in [1.165, 1.54) is 10.8 Å². The van der Waals surface area contributed by atoms with E-state index < -0.39 is 0 Å². The molecular formula is C45H27N5O. The molecule has 51 heavy (non-hydrogen) atoms. The first-order chi connectivity index (χ1) is 25.3. The van der Waals surface area contributed by atoms with Crippen LogP contribution in [-0.2, 0) is 0 Å². The molecular weight excluding hydrogens is 627 g/mol. The van der Waals surface area contributed by atoms with E-state index >= 15 is 0 Å². The first-order valence-corrected chi connectivity index (χ1v) is 17.0. The van der Waals surface area contributed by atoms with E-state index in [0.717, 1.165) is 71.6 Å². The summed E-state index contributed by atoms with van der Waals surface area (Å²) in [4.78, 5) is 15.7. The van der Waals surface area contributed by atoms with Gasteiger partial charge >= 0.3 is 0 Å². The zero-order chi connectivity index (χ0) is 33.5. The summed E-state index contributed by atoms with van der Waals surface area (Å²) in [6, 6.07) is 56.7. The van der Waals surface area contributed by atoms with Crippen molar-refractivity contribution in [1.82, 2.24) is 24.1 Å². The van der Waals surface area contributed by atoms with E-state index in [9.17, 15) is 0 Å². The predicted octanol–water partition coefficient (Wildman–Crippen LogP) is 11.3. The minimum atomic E-state index is 0.539. The van der Waals surface area contributed by atoms with Gasteiger partial charge in [0.05, 0.1) is 27.8 Å². The lowest BCUT2D eigenvalue weighted by molar-refractivity contribution is 0.669. The van der Waals surface area contributed by atoms with Gasteiger partial charge in [0.1, 0.15) is 11.2 Å². The lowest BCUT2D eigenvalue weighted by atomic mass is 10.1. The van der Waals surface area contributed by atoms with Crippen LogP contribution in [0.2, 0.25) is 0 Å². The van der Waals surface area contributed by atoms with Gasteiger partial charge in [-0.3, -0.25) is 4.57 Å². The highest BCUT2D eigenvalue weighted by Crippen LogP contribution is 2.39. The lowest BCUT2D eigenvalue weighted by Gasteiger charge is -2.15. The quantitative estimate of drug-likeness (QED) is 0.190. The van der Waals surface area contributed by atoms with Crippen molar-refractivity contribution in [2.24, 2.45) is 0 Å². The second kappa shape index (κ2) is 10.7. The zero-order valence-electron chi connectivity index (χ0n) is 27.2. The molecule has 0 amide bonds. The molecule has 4 aromatic heterocycles. The van der Waals surface area contributed by atoms with Crippen molar-refractivity contribution >= 4 is 65.6 Å². The second-order valence-corrected chi connectivity index (χ2v) is 12.9. The number of fused-ring (bicyclic) bond motifs is 9. The maximum Gasteiger partial charge on any atom is 0.238 e. The first kappa shape index (κ1) is 27.9. The normalized spacial score (nSPS) is 11.9. The van der Waals surface area contributed by atoms with Gasteiger partial charge in [-0.1, -0.05) is 115 Å². The highest BCUT2D eigenvalue weighted by molar-refractivity contribution is 6.17. The lowest BCUT2D eigenvalue weighted by Crippen LogP contribution is -2.07. The van der Waals surface area contributed by atoms with Gasteiger partial charge in [0.2, 0.25) is 5.95 Å². The van der Waals surface area contributed by atoms with Crippen molar-refractivity contribution in [2.75, 3.05) is 0 Å². The van der Waals surface area contributed by atoms with Crippen LogP contribution < -0.4 is 0 Å². The van der Waals surface area contributed by atoms with Crippen LogP contribution >= 0.6 is 0 Å². The Balaban J connectivity index is 1.22. The molecule has 0 radical (unpaired) electrons. The van der Waals surface area contributed by atoms with Crippen LogP contribution in [0, 0.1) is 0 Å². The molecule has 0 fully saturated rings. The maximum atomic E-state index is 6.39. The smallest absolute Gasteiger partial charge is 0.238 e. The standard InChI is InChI=1S/C45H27N5O/c1-2-14-28(15-3-1)43-46-44(33-20-7-12-24-39(33)49-36-21-9-4-16-29(36)30-17-5-10-22-37(30)49)48-45(47-43)50-38-23-11-6-18-31(38)34-26-35-32-19-8-13-25-41(32)51-42(35)27-40(34)50/h1-27H. The van der Waals surface area contributed by atoms with Gasteiger partial charge in [0.15, 0.2) is 11.6 Å². The molecule has 238 valence electrons. The van der Waals surface area contributed by atoms with E-state index in [-0.39, 0.29) is 0 Å². The summed E-state index contributed by atoms with van der Waals surface area (Å²) >= 11 is 0. The van der Waals surface area contributed by atoms with Gasteiger partial charge in [-0.15, -0.1) is 0 Å². The highest BCUT2D eigenvalue weighted by Gasteiger charge is 2.22. The van der Waals surface area contributed by atoms with Crippen LogP contribution in [0.25, 0.3) is 100.0 Å². The predicted molar refractivity (Wildman–Crippen MR) is 207 cm³/mol. The van der Waals surface area contributed by atoms with Crippen molar-refractivity contribution in [2.45, 2.75) is 0 Å². The molecule has 0 saturated carbocycles. The van der Waals surface area contributed by atoms with Gasteiger partial charge in [-0.2, -0.15) is 9.97 Å². The molecule has 6 nitrogen and oxygen atoms in total. The van der Waals surface area contributed by atoms with Gasteiger partial charge < -0.3 is 8.98 Å². The van der Waals surface area contributed by atoms with E-state index in [1.54, 1.807) is 0 Å². The molecule has 0 unspecified atom stereocenters. The summed E-state index contributed by atoms with van der Waals surface area (Å²) in [6.07, 6.45) is 0. The largest absolute Gasteiger partial charge is 0.456 e. The first-order valence-electron chi connectivity index (χ1n) is 17.0. The number of aromatic nitrogens is 5. The van der Waals surface area contributed by atoms with E-state index in [0.29, 0.717) is 17.6 Å². The molecule has 6 heteroatoms. The van der Waals surface area contributed by atoms with Crippen LogP contribution in [0.3, 0.4) is 0 Å². The Hall–Kier alpha value is -7.05. The average Bonchev–Trinajstić information content (AvgIpc) is 3.84. The third-order valence-corrected chi connectivity index (χ3v) is 9.99. The van der Waals surface area contributed by atoms with Crippen molar-refractivity contribution in [3.05, 3.63) is 164 Å². The molecule has 0 N–H and O–H groups in total. The van der Waals surface area contributed by atoms with E-state index in [2.05, 4.69) is 130 Å². The van der Waals surface area contributed by atoms with Crippen molar-refractivity contribution < 1.29 is 4.42 Å². The third kappa shape index (κ3) is 4.14. The fourth-order valence-electron chi connectivity index (χ4n) is 7.74. The van der Waals surface area contributed by atoms with Crippen LogP contribution in [-0.4, -0.2) is 24.1 Å². The Morgan fingerprint density at radius 1 is 0.373 bits per heavy atom. The highest BCUT2D eigenvalue weighted by atomic mass is 16.3. The van der Waals surface area contributed by atoms with Gasteiger partial charge in [0, 0.05) is 49.5 Å². The molecule has 0 atom stereocenters. The molecule has 7 aromatic carbocycles. The topological polar surface area (TPSA) is 61.7 Å². The van der Waals surface area contributed by atoms with Gasteiger partial charge in [0.25, 0.3) is 0 Å². The van der Waals surface area contributed by atoms with E-state index in [1.807, 2.05) is 42.5 Å². The Labute approximate surface area is 291 Å². The molecule has 4 heterocycles. The fraction of sp³-hybridized carbons (Fsp3) is 0. The summed E-state index contributed by atoms with van der Waals surface area (Å²) in [6.45, 7) is 0. The van der Waals surface area contributed by atoms with Crippen LogP contribution in [0.4, 0.5) is 0 Å². The summed E-state index contributed by atoms with van der Waals surface area (Å²) in [7, 11) is 0. The van der Waals surface area contributed by atoms with Crippen molar-refractivity contribution in [3.8, 4) is 34.4 Å². The molecule has 11 aromatic rings. The molecule has 0 aliphatic carbocycles. The monoisotopic (exact) mass is 653 g/mol. The molecule has 0 spiro atoms. The van der Waals surface area contributed by atoms with Gasteiger partial charge in [-0.05, 0) is 42.5 Å². The average molecular weight is 654 g/mol. The number of para-hydroxylation sites is 5. The number of hydrogen-bond donors (Lipinski definition) is 0. The number of hydrogen-bond acceptors (Lipinski definition) is 4.